The second-order valence-corrected chi connectivity index (χ2v) is 21.9. The van der Waals surface area contributed by atoms with E-state index in [1.807, 2.05) is 59.8 Å². The summed E-state index contributed by atoms with van der Waals surface area (Å²) in [4.78, 5) is 42.6. The van der Waals surface area contributed by atoms with E-state index in [1.54, 1.807) is 38.1 Å². The maximum Gasteiger partial charge on any atom is 0.200 e. The Morgan fingerprint density at radius 1 is 0.598 bits per heavy atom. The number of benzene rings is 6. The zero-order valence-corrected chi connectivity index (χ0v) is 46.2. The van der Waals surface area contributed by atoms with Crippen LogP contribution < -0.4 is 15.6 Å². The molecule has 0 fully saturated rings. The van der Waals surface area contributed by atoms with Crippen LogP contribution in [0.1, 0.15) is 110 Å². The van der Waals surface area contributed by atoms with E-state index in [0.29, 0.717) is 22.4 Å². The Hall–Kier alpha value is -9.83. The molecule has 422 valence electrons. The van der Waals surface area contributed by atoms with E-state index >= 15 is 0 Å². The molecular formula is C66H62O16. The van der Waals surface area contributed by atoms with Crippen LogP contribution in [0.4, 0.5) is 0 Å². The van der Waals surface area contributed by atoms with Crippen LogP contribution in [-0.2, 0) is 12.8 Å². The molecule has 0 radical (unpaired) electrons. The first-order valence-electron chi connectivity index (χ1n) is 26.4. The zero-order chi connectivity index (χ0) is 59.4. The predicted molar refractivity (Wildman–Crippen MR) is 312 cm³/mol. The fourth-order valence-electron chi connectivity index (χ4n) is 10.8. The van der Waals surface area contributed by atoms with Crippen molar-refractivity contribution in [2.45, 2.75) is 92.1 Å². The number of phenols is 10. The lowest BCUT2D eigenvalue weighted by Crippen LogP contribution is -2.32. The molecule has 1 aliphatic heterocycles. The second kappa shape index (κ2) is 22.0. The highest BCUT2D eigenvalue weighted by Gasteiger charge is 2.44. The lowest BCUT2D eigenvalue weighted by molar-refractivity contribution is 0.0877. The first-order chi connectivity index (χ1) is 38.7. The van der Waals surface area contributed by atoms with E-state index in [2.05, 4.69) is 0 Å². The fraction of sp³-hybridized carbons (Fsp3) is 0.227. The van der Waals surface area contributed by atoms with Crippen LogP contribution in [0, 0.1) is 12.8 Å². The van der Waals surface area contributed by atoms with Crippen LogP contribution in [0.25, 0.3) is 50.7 Å². The molecule has 0 bridgehead atoms. The van der Waals surface area contributed by atoms with Crippen LogP contribution in [0.3, 0.4) is 0 Å². The van der Waals surface area contributed by atoms with Gasteiger partial charge >= 0.3 is 0 Å². The summed E-state index contributed by atoms with van der Waals surface area (Å²) in [6, 6.07) is 19.0. The van der Waals surface area contributed by atoms with Gasteiger partial charge in [-0.05, 0) is 140 Å². The highest BCUT2D eigenvalue weighted by molar-refractivity contribution is 6.03. The highest BCUT2D eigenvalue weighted by atomic mass is 16.5. The number of hydrogen-bond acceptors (Lipinski definition) is 16. The Morgan fingerprint density at radius 2 is 1.12 bits per heavy atom. The summed E-state index contributed by atoms with van der Waals surface area (Å²) in [5, 5.41) is 106. The Morgan fingerprint density at radius 3 is 1.70 bits per heavy atom. The van der Waals surface area contributed by atoms with Crippen LogP contribution in [0.2, 0.25) is 0 Å². The van der Waals surface area contributed by atoms with Crippen LogP contribution in [0.15, 0.2) is 144 Å². The summed E-state index contributed by atoms with van der Waals surface area (Å²) < 4.78 is 18.7. The van der Waals surface area contributed by atoms with Gasteiger partial charge in [0.1, 0.15) is 96.7 Å². The van der Waals surface area contributed by atoms with Crippen molar-refractivity contribution in [1.29, 1.82) is 0 Å². The maximum absolute atomic E-state index is 14.7. The molecule has 3 atom stereocenters. The molecule has 82 heavy (non-hydrogen) atoms. The van der Waals surface area contributed by atoms with Crippen LogP contribution in [0.5, 0.6) is 63.2 Å². The average molecular weight is 1110 g/mol. The van der Waals surface area contributed by atoms with Gasteiger partial charge in [0.2, 0.25) is 10.9 Å². The minimum absolute atomic E-state index is 0.0112. The summed E-state index contributed by atoms with van der Waals surface area (Å²) in [7, 11) is 0. The van der Waals surface area contributed by atoms with E-state index in [1.165, 1.54) is 54.6 Å². The number of carbonyl (C=O) groups excluding carboxylic acids is 1. The number of hydrogen-bond donors (Lipinski definition) is 10. The zero-order valence-electron chi connectivity index (χ0n) is 46.2. The van der Waals surface area contributed by atoms with Crippen molar-refractivity contribution in [2.75, 3.05) is 0 Å². The van der Waals surface area contributed by atoms with E-state index in [-0.39, 0.29) is 126 Å². The summed E-state index contributed by atoms with van der Waals surface area (Å²) in [5.41, 5.74) is 3.42. The lowest BCUT2D eigenvalue weighted by Gasteiger charge is -2.37. The summed E-state index contributed by atoms with van der Waals surface area (Å²) >= 11 is 0. The molecule has 0 saturated heterocycles. The van der Waals surface area contributed by atoms with Gasteiger partial charge in [-0.25, -0.2) is 0 Å². The van der Waals surface area contributed by atoms with Crippen LogP contribution in [-0.4, -0.2) is 62.4 Å². The molecule has 1 unspecified atom stereocenters. The van der Waals surface area contributed by atoms with E-state index in [9.17, 15) is 65.4 Å². The molecule has 16 heteroatoms. The molecule has 1 aliphatic carbocycles. The Labute approximate surface area is 470 Å². The van der Waals surface area contributed by atoms with Gasteiger partial charge in [-0.2, -0.15) is 0 Å². The molecule has 0 amide bonds. The van der Waals surface area contributed by atoms with Gasteiger partial charge in [-0.15, -0.1) is 0 Å². The van der Waals surface area contributed by atoms with Crippen LogP contribution >= 0.6 is 0 Å². The molecule has 10 N–H and O–H groups in total. The largest absolute Gasteiger partial charge is 0.508 e. The quantitative estimate of drug-likeness (QED) is 0.0450. The normalized spacial score (nSPS) is 16.1. The Bertz CT molecular complexity index is 4180. The topological polar surface area (TPSA) is 289 Å². The summed E-state index contributed by atoms with van der Waals surface area (Å²) in [6.07, 6.45) is 9.68. The molecule has 0 spiro atoms. The summed E-state index contributed by atoms with van der Waals surface area (Å²) in [5.74, 6) is -6.08. The molecular weight excluding hydrogens is 1050 g/mol. The number of fused-ring (bicyclic) bond motifs is 4. The fourth-order valence-corrected chi connectivity index (χ4v) is 10.8. The van der Waals surface area contributed by atoms with Crippen molar-refractivity contribution in [3.63, 3.8) is 0 Å². The number of aryl methyl sites for hydroxylation is 1. The van der Waals surface area contributed by atoms with Crippen molar-refractivity contribution < 1.29 is 69.4 Å². The van der Waals surface area contributed by atoms with Crippen molar-refractivity contribution >= 4 is 33.8 Å². The first-order valence-corrected chi connectivity index (χ1v) is 26.4. The summed E-state index contributed by atoms with van der Waals surface area (Å²) in [6.45, 7) is 14.9. The van der Waals surface area contributed by atoms with Crippen molar-refractivity contribution in [3.8, 4) is 85.9 Å². The number of carbonyl (C=O) groups is 1. The van der Waals surface area contributed by atoms with Gasteiger partial charge in [0, 0.05) is 64.8 Å². The second-order valence-electron chi connectivity index (χ2n) is 21.9. The van der Waals surface area contributed by atoms with Gasteiger partial charge in [0.05, 0.1) is 22.3 Å². The van der Waals surface area contributed by atoms with E-state index in [0.717, 1.165) is 40.5 Å². The standard InChI is InChI=1S/C41H38O10.C25H24O6/c1-19(2)5-9-27-39(50)37-34(48)18-33(47)36(41(37)51-40(27)26-10-6-20(3)15-30(26)44)29-14-21(4)13-28(24-11-7-22(42)16-31(24)45)35(29)38(49)25-12-8-23(43)17-32(25)46;1-13(2)5-7-17-22(29)21-19(28)12-20-16(9-10-25(3,4)31-20)24(21)30-23(17)15-8-6-14(26)11-18(15)27/h5-8,10-12,14-18,28-29,35,42-48H,9,13H2,1-4H3;5-6,8-12,26-28H,7H2,1-4H3/t28?,29-,35-;/m0./s1. The number of allylic oxidation sites excluding steroid dienone is 6. The molecule has 16 nitrogen and oxygen atoms in total. The monoisotopic (exact) mass is 1110 g/mol. The maximum atomic E-state index is 14.7. The Balaban J connectivity index is 0.000000223. The molecule has 0 saturated carbocycles. The minimum Gasteiger partial charge on any atom is -0.508 e. The van der Waals surface area contributed by atoms with Gasteiger partial charge in [0.25, 0.3) is 0 Å². The Kier molecular flexibility index (Phi) is 15.3. The van der Waals surface area contributed by atoms with Gasteiger partial charge in [0.15, 0.2) is 11.4 Å². The van der Waals surface area contributed by atoms with Crippen molar-refractivity contribution in [3.05, 3.63) is 185 Å². The first kappa shape index (κ1) is 56.9. The third-order valence-corrected chi connectivity index (χ3v) is 14.7. The van der Waals surface area contributed by atoms with Crippen molar-refractivity contribution in [2.24, 2.45) is 5.92 Å². The van der Waals surface area contributed by atoms with Gasteiger partial charge < -0.3 is 64.6 Å². The molecule has 6 aromatic carbocycles. The number of aromatic hydroxyl groups is 10. The average Bonchev–Trinajstić information content (AvgIpc) is 3.58. The highest BCUT2D eigenvalue weighted by Crippen LogP contribution is 2.54. The molecule has 8 aromatic rings. The predicted octanol–water partition coefficient (Wildman–Crippen LogP) is 13.2. The van der Waals surface area contributed by atoms with Crippen molar-refractivity contribution in [1.82, 2.24) is 0 Å². The van der Waals surface area contributed by atoms with E-state index < -0.39 is 51.8 Å². The minimum atomic E-state index is -1.18. The number of ketones is 1. The van der Waals surface area contributed by atoms with Gasteiger partial charge in [-0.1, -0.05) is 47.1 Å². The SMILES string of the molecule is CC(C)=CCc1c(-c2ccc(C)cc2O)oc2c([C@H]3C=C(C)CC(c4ccc(O)cc4O)[C@@H]3C(=O)c3ccc(O)cc3O)c(O)cc(O)c2c1=O.CC(C)=CCc1c(-c2ccc(O)cc2O)oc2c3c(cc(O)c2c1=O)OC(C)(C)C=C3. The molecule has 2 aromatic heterocycles. The number of rotatable bonds is 10. The molecule has 2 aliphatic rings. The third kappa shape index (κ3) is 10.9. The number of Topliss-reactive ketones (excluding diaryl/α,β-unsaturated/α-hetero) is 1. The third-order valence-electron chi connectivity index (χ3n) is 14.7. The number of ether oxygens (including phenoxy) is 1. The molecule has 10 rings (SSSR count). The van der Waals surface area contributed by atoms with E-state index in [4.69, 9.17) is 13.6 Å². The smallest absolute Gasteiger partial charge is 0.200 e. The lowest BCUT2D eigenvalue weighted by atomic mass is 9.65. The van der Waals surface area contributed by atoms with Gasteiger partial charge in [-0.3, -0.25) is 14.4 Å². The molecule has 3 heterocycles. The number of phenolic OH excluding ortho intramolecular Hbond substituents is 10.